The highest BCUT2D eigenvalue weighted by Gasteiger charge is 2.41. The summed E-state index contributed by atoms with van der Waals surface area (Å²) in [6, 6.07) is 33.2. The summed E-state index contributed by atoms with van der Waals surface area (Å²) in [6.07, 6.45) is -0.665. The molecule has 8 heteroatoms. The number of ketones is 1. The fraction of sp³-hybridized carbons (Fsp3) is 0.118. The summed E-state index contributed by atoms with van der Waals surface area (Å²) >= 11 is 6.23. The summed E-state index contributed by atoms with van der Waals surface area (Å²) in [5, 5.41) is 9.19. The molecule has 0 fully saturated rings. The number of methoxy groups -OCH3 is 1. The summed E-state index contributed by atoms with van der Waals surface area (Å²) in [4.78, 5) is 15.1. The van der Waals surface area contributed by atoms with Crippen molar-refractivity contribution in [2.45, 2.75) is 19.7 Å². The third kappa shape index (κ3) is 5.03. The normalized spacial score (nSPS) is 14.7. The van der Waals surface area contributed by atoms with E-state index in [1.807, 2.05) is 71.6 Å². The van der Waals surface area contributed by atoms with Gasteiger partial charge in [0.2, 0.25) is 0 Å². The number of ether oxygens (including phenoxy) is 2. The van der Waals surface area contributed by atoms with Gasteiger partial charge in [-0.2, -0.15) is 0 Å². The molecule has 0 spiro atoms. The zero-order valence-corrected chi connectivity index (χ0v) is 23.8. The van der Waals surface area contributed by atoms with Gasteiger partial charge < -0.3 is 9.47 Å². The van der Waals surface area contributed by atoms with Crippen molar-refractivity contribution in [1.29, 1.82) is 0 Å². The summed E-state index contributed by atoms with van der Waals surface area (Å²) < 4.78 is 26.6. The Balaban J connectivity index is 1.57. The van der Waals surface area contributed by atoms with E-state index in [-0.39, 0.29) is 24.0 Å². The SMILES string of the molecule is COc1cccc([C@H]2N(c3ccc(Cl)cc3)N=C(C(C)=O)N2c2cccc3ccccc23)c1OCc1ccccc1F. The average Bonchev–Trinajstić information content (AvgIpc) is 3.41. The van der Waals surface area contributed by atoms with Crippen LogP contribution >= 0.6 is 11.6 Å². The Morgan fingerprint density at radius 2 is 1.62 bits per heavy atom. The van der Waals surface area contributed by atoms with E-state index < -0.39 is 6.17 Å². The van der Waals surface area contributed by atoms with Crippen molar-refractivity contribution in [3.05, 3.63) is 131 Å². The van der Waals surface area contributed by atoms with Gasteiger partial charge in [0.25, 0.3) is 0 Å². The van der Waals surface area contributed by atoms with Gasteiger partial charge in [0.15, 0.2) is 29.3 Å². The number of nitrogens with zero attached hydrogens (tertiary/aromatic N) is 3. The summed E-state index contributed by atoms with van der Waals surface area (Å²) in [7, 11) is 1.56. The van der Waals surface area contributed by atoms with Gasteiger partial charge in [0, 0.05) is 28.5 Å². The summed E-state index contributed by atoms with van der Waals surface area (Å²) in [5.74, 6) is 0.568. The predicted molar refractivity (Wildman–Crippen MR) is 165 cm³/mol. The second kappa shape index (κ2) is 11.5. The zero-order valence-electron chi connectivity index (χ0n) is 23.0. The number of fused-ring (bicyclic) bond motifs is 1. The van der Waals surface area contributed by atoms with Crippen LogP contribution in [0.15, 0.2) is 114 Å². The number of rotatable bonds is 8. The quantitative estimate of drug-likeness (QED) is 0.186. The largest absolute Gasteiger partial charge is 0.493 e. The lowest BCUT2D eigenvalue weighted by Crippen LogP contribution is -2.38. The van der Waals surface area contributed by atoms with Gasteiger partial charge in [0.05, 0.1) is 18.5 Å². The van der Waals surface area contributed by atoms with Crippen LogP contribution in [0.3, 0.4) is 0 Å². The van der Waals surface area contributed by atoms with Crippen molar-refractivity contribution < 1.29 is 18.7 Å². The lowest BCUT2D eigenvalue weighted by atomic mass is 10.0. The molecule has 6 nitrogen and oxygen atoms in total. The molecule has 0 amide bonds. The van der Waals surface area contributed by atoms with E-state index in [0.717, 1.165) is 16.5 Å². The second-order valence-electron chi connectivity index (χ2n) is 9.80. The van der Waals surface area contributed by atoms with E-state index in [2.05, 4.69) is 0 Å². The molecule has 1 aliphatic heterocycles. The van der Waals surface area contributed by atoms with Gasteiger partial charge in [-0.25, -0.2) is 9.40 Å². The maximum Gasteiger partial charge on any atom is 0.198 e. The third-order valence-electron chi connectivity index (χ3n) is 7.18. The van der Waals surface area contributed by atoms with E-state index in [1.54, 1.807) is 48.5 Å². The first-order valence-corrected chi connectivity index (χ1v) is 13.8. The minimum atomic E-state index is -0.665. The van der Waals surface area contributed by atoms with E-state index >= 15 is 0 Å². The highest BCUT2D eigenvalue weighted by atomic mass is 35.5. The van der Waals surface area contributed by atoms with Crippen molar-refractivity contribution >= 4 is 45.4 Å². The third-order valence-corrected chi connectivity index (χ3v) is 7.43. The molecule has 0 saturated heterocycles. The first-order chi connectivity index (χ1) is 20.5. The highest BCUT2D eigenvalue weighted by molar-refractivity contribution is 6.44. The Kier molecular flexibility index (Phi) is 7.50. The van der Waals surface area contributed by atoms with Crippen molar-refractivity contribution in [1.82, 2.24) is 0 Å². The molecule has 0 saturated carbocycles. The number of para-hydroxylation sites is 1. The molecule has 1 aliphatic rings. The van der Waals surface area contributed by atoms with Crippen LogP contribution in [-0.2, 0) is 11.4 Å². The first kappa shape index (κ1) is 27.3. The van der Waals surface area contributed by atoms with Crippen molar-refractivity contribution in [2.24, 2.45) is 5.10 Å². The van der Waals surface area contributed by atoms with Gasteiger partial charge in [-0.15, -0.1) is 5.10 Å². The molecule has 0 unspecified atom stereocenters. The molecule has 0 aromatic heterocycles. The van der Waals surface area contributed by atoms with Crippen molar-refractivity contribution in [3.63, 3.8) is 0 Å². The molecule has 42 heavy (non-hydrogen) atoms. The number of halogens is 2. The standard InChI is InChI=1S/C34H27ClFN3O3/c1-22(40)33-37-39(26-19-17-25(35)18-20-26)34(38(33)30-15-7-11-23-9-3-5-12-27(23)30)28-13-8-16-31(41-2)32(28)42-21-24-10-4-6-14-29(24)36/h3-20,34H,21H2,1-2H3/t34-/m1/s1. The fourth-order valence-electron chi connectivity index (χ4n) is 5.21. The lowest BCUT2D eigenvalue weighted by molar-refractivity contribution is -0.111. The monoisotopic (exact) mass is 579 g/mol. The molecular weight excluding hydrogens is 553 g/mol. The van der Waals surface area contributed by atoms with Crippen LogP contribution in [-0.4, -0.2) is 18.7 Å². The minimum absolute atomic E-state index is 0.0254. The van der Waals surface area contributed by atoms with Crippen LogP contribution in [0.4, 0.5) is 15.8 Å². The van der Waals surface area contributed by atoms with Crippen LogP contribution < -0.4 is 19.4 Å². The van der Waals surface area contributed by atoms with Gasteiger partial charge in [-0.1, -0.05) is 78.3 Å². The minimum Gasteiger partial charge on any atom is -0.493 e. The number of Topliss-reactive ketones (excluding diaryl/α,β-unsaturated/α-hetero) is 1. The zero-order chi connectivity index (χ0) is 29.2. The second-order valence-corrected chi connectivity index (χ2v) is 10.2. The van der Waals surface area contributed by atoms with E-state index in [1.165, 1.54) is 13.0 Å². The summed E-state index contributed by atoms with van der Waals surface area (Å²) in [5.41, 5.74) is 2.59. The molecule has 1 heterocycles. The van der Waals surface area contributed by atoms with Crippen molar-refractivity contribution in [3.8, 4) is 11.5 Å². The molecule has 5 aromatic rings. The Bertz CT molecular complexity index is 1800. The molecule has 0 radical (unpaired) electrons. The molecule has 0 aliphatic carbocycles. The lowest BCUT2D eigenvalue weighted by Gasteiger charge is -2.34. The highest BCUT2D eigenvalue weighted by Crippen LogP contribution is 2.46. The predicted octanol–water partition coefficient (Wildman–Crippen LogP) is 8.15. The maximum atomic E-state index is 14.6. The van der Waals surface area contributed by atoms with E-state index in [0.29, 0.717) is 33.3 Å². The molecule has 5 aromatic carbocycles. The maximum absolute atomic E-state index is 14.6. The number of hydrazone groups is 1. The number of carbonyl (C=O) groups is 1. The molecule has 1 atom stereocenters. The average molecular weight is 580 g/mol. The summed E-state index contributed by atoms with van der Waals surface area (Å²) in [6.45, 7) is 1.48. The molecule has 6 rings (SSSR count). The number of carbonyl (C=O) groups excluding carboxylic acids is 1. The van der Waals surface area contributed by atoms with E-state index in [4.69, 9.17) is 26.2 Å². The molecule has 0 N–H and O–H groups in total. The van der Waals surface area contributed by atoms with Crippen LogP contribution in [0.5, 0.6) is 11.5 Å². The van der Waals surface area contributed by atoms with E-state index in [9.17, 15) is 9.18 Å². The van der Waals surface area contributed by atoms with Gasteiger partial charge in [-0.05, 0) is 47.9 Å². The molecule has 210 valence electrons. The van der Waals surface area contributed by atoms with Crippen LogP contribution in [0.1, 0.15) is 24.2 Å². The fourth-order valence-corrected chi connectivity index (χ4v) is 5.34. The topological polar surface area (TPSA) is 54.4 Å². The number of hydrogen-bond donors (Lipinski definition) is 0. The Labute approximate surface area is 248 Å². The number of amidine groups is 1. The van der Waals surface area contributed by atoms with Gasteiger partial charge >= 0.3 is 0 Å². The Morgan fingerprint density at radius 1 is 0.905 bits per heavy atom. The van der Waals surface area contributed by atoms with Crippen LogP contribution in [0.2, 0.25) is 5.02 Å². The number of benzene rings is 5. The molecular formula is C34H27ClFN3O3. The smallest absolute Gasteiger partial charge is 0.198 e. The van der Waals surface area contributed by atoms with Gasteiger partial charge in [0.1, 0.15) is 12.4 Å². The van der Waals surface area contributed by atoms with Crippen LogP contribution in [0.25, 0.3) is 10.8 Å². The Morgan fingerprint density at radius 3 is 2.38 bits per heavy atom. The van der Waals surface area contributed by atoms with Crippen molar-refractivity contribution in [2.75, 3.05) is 17.0 Å². The van der Waals surface area contributed by atoms with Gasteiger partial charge in [-0.3, -0.25) is 9.69 Å². The Hall–Kier alpha value is -4.88. The molecule has 0 bridgehead atoms. The first-order valence-electron chi connectivity index (χ1n) is 13.4. The number of anilines is 2. The number of hydrogen-bond acceptors (Lipinski definition) is 6. The van der Waals surface area contributed by atoms with Crippen LogP contribution in [0, 0.1) is 5.82 Å².